The second-order valence-corrected chi connectivity index (χ2v) is 5.00. The van der Waals surface area contributed by atoms with Crippen LogP contribution in [0.4, 0.5) is 11.4 Å². The molecule has 0 atom stereocenters. The number of nitrogens with one attached hydrogen (secondary N) is 2. The number of hydrogen-bond donors (Lipinski definition) is 2. The molecule has 2 rings (SSSR count). The number of anilines is 2. The number of amides is 1. The molecule has 20 heavy (non-hydrogen) atoms. The summed E-state index contributed by atoms with van der Waals surface area (Å²) in [6.45, 7) is 6.45. The van der Waals surface area contributed by atoms with Gasteiger partial charge in [-0.2, -0.15) is 0 Å². The first-order valence-corrected chi connectivity index (χ1v) is 6.68. The van der Waals surface area contributed by atoms with Gasteiger partial charge in [-0.15, -0.1) is 0 Å². The van der Waals surface area contributed by atoms with E-state index in [-0.39, 0.29) is 5.91 Å². The minimum atomic E-state index is -0.0694. The highest BCUT2D eigenvalue weighted by molar-refractivity contribution is 5.89. The Morgan fingerprint density at radius 2 is 2.10 bits per heavy atom. The molecule has 2 aromatic rings. The van der Waals surface area contributed by atoms with Crippen molar-refractivity contribution in [3.8, 4) is 0 Å². The predicted octanol–water partition coefficient (Wildman–Crippen LogP) is 3.03. The molecule has 1 heterocycles. The predicted molar refractivity (Wildman–Crippen MR) is 80.7 cm³/mol. The van der Waals surface area contributed by atoms with Gasteiger partial charge < -0.3 is 15.2 Å². The minimum absolute atomic E-state index is 0.0694. The highest BCUT2D eigenvalue weighted by Crippen LogP contribution is 2.17. The zero-order valence-electron chi connectivity index (χ0n) is 12.1. The van der Waals surface area contributed by atoms with Crippen molar-refractivity contribution in [3.63, 3.8) is 0 Å². The lowest BCUT2D eigenvalue weighted by atomic mass is 10.2. The van der Waals surface area contributed by atoms with Crippen LogP contribution in [0.3, 0.4) is 0 Å². The summed E-state index contributed by atoms with van der Waals surface area (Å²) >= 11 is 0. The van der Waals surface area contributed by atoms with E-state index >= 15 is 0 Å². The second kappa shape index (κ2) is 6.23. The monoisotopic (exact) mass is 272 g/mol. The van der Waals surface area contributed by atoms with Crippen LogP contribution in [0.25, 0.3) is 0 Å². The Labute approximate surface area is 119 Å². The van der Waals surface area contributed by atoms with E-state index in [1.54, 1.807) is 0 Å². The lowest BCUT2D eigenvalue weighted by molar-refractivity contribution is -0.114. The van der Waals surface area contributed by atoms with Crippen LogP contribution in [0.15, 0.2) is 36.8 Å². The number of nitrogens with zero attached hydrogens (tertiary/aromatic N) is 2. The van der Waals surface area contributed by atoms with Gasteiger partial charge in [0, 0.05) is 30.5 Å². The topological polar surface area (TPSA) is 59.0 Å². The van der Waals surface area contributed by atoms with Gasteiger partial charge in [0.15, 0.2) is 0 Å². The maximum Gasteiger partial charge on any atom is 0.221 e. The summed E-state index contributed by atoms with van der Waals surface area (Å²) in [6.07, 6.45) is 3.71. The summed E-state index contributed by atoms with van der Waals surface area (Å²) in [5.74, 6) is -0.0694. The summed E-state index contributed by atoms with van der Waals surface area (Å²) in [6, 6.07) is 8.05. The molecule has 0 radical (unpaired) electrons. The van der Waals surface area contributed by atoms with E-state index in [1.807, 2.05) is 36.8 Å². The van der Waals surface area contributed by atoms with Crippen molar-refractivity contribution in [1.29, 1.82) is 0 Å². The molecule has 5 heteroatoms. The number of imidazole rings is 1. The Bertz CT molecular complexity index is 589. The molecule has 2 N–H and O–H groups in total. The Hall–Kier alpha value is -2.30. The summed E-state index contributed by atoms with van der Waals surface area (Å²) in [5, 5.41) is 6.12. The molecule has 0 fully saturated rings. The van der Waals surface area contributed by atoms with Crippen LogP contribution in [0.1, 0.15) is 32.5 Å². The van der Waals surface area contributed by atoms with Gasteiger partial charge in [-0.25, -0.2) is 4.98 Å². The fourth-order valence-electron chi connectivity index (χ4n) is 2.04. The third-order valence-corrected chi connectivity index (χ3v) is 2.96. The van der Waals surface area contributed by atoms with Gasteiger partial charge in [-0.1, -0.05) is 6.07 Å². The molecule has 0 unspecified atom stereocenters. The number of benzene rings is 1. The van der Waals surface area contributed by atoms with E-state index in [4.69, 9.17) is 0 Å². The highest BCUT2D eigenvalue weighted by atomic mass is 16.1. The van der Waals surface area contributed by atoms with E-state index in [9.17, 15) is 4.79 Å². The largest absolute Gasteiger partial charge is 0.379 e. The number of rotatable bonds is 5. The first kappa shape index (κ1) is 14.1. The van der Waals surface area contributed by atoms with Crippen molar-refractivity contribution < 1.29 is 4.79 Å². The Kier molecular flexibility index (Phi) is 4.40. The van der Waals surface area contributed by atoms with Crippen molar-refractivity contribution in [2.75, 3.05) is 10.6 Å². The first-order chi connectivity index (χ1) is 9.56. The summed E-state index contributed by atoms with van der Waals surface area (Å²) in [7, 11) is 0. The molecule has 0 aliphatic carbocycles. The van der Waals surface area contributed by atoms with E-state index in [0.29, 0.717) is 12.6 Å². The lowest BCUT2D eigenvalue weighted by Crippen LogP contribution is -2.09. The van der Waals surface area contributed by atoms with Gasteiger partial charge in [-0.05, 0) is 32.0 Å². The van der Waals surface area contributed by atoms with Crippen LogP contribution >= 0.6 is 0 Å². The SMILES string of the molecule is CC(=O)Nc1cccc(NCc2cncn2C(C)C)c1. The first-order valence-electron chi connectivity index (χ1n) is 6.68. The third kappa shape index (κ3) is 3.60. The lowest BCUT2D eigenvalue weighted by Gasteiger charge is -2.13. The van der Waals surface area contributed by atoms with Crippen molar-refractivity contribution in [1.82, 2.24) is 9.55 Å². The average Bonchev–Trinajstić information content (AvgIpc) is 2.84. The van der Waals surface area contributed by atoms with Crippen LogP contribution < -0.4 is 10.6 Å². The number of carbonyl (C=O) groups excluding carboxylic acids is 1. The summed E-state index contributed by atoms with van der Waals surface area (Å²) in [5.41, 5.74) is 2.89. The van der Waals surface area contributed by atoms with Gasteiger partial charge in [-0.3, -0.25) is 4.79 Å². The quantitative estimate of drug-likeness (QED) is 0.879. The zero-order chi connectivity index (χ0) is 14.5. The fourth-order valence-corrected chi connectivity index (χ4v) is 2.04. The van der Waals surface area contributed by atoms with Crippen LogP contribution in [0.2, 0.25) is 0 Å². The molecular weight excluding hydrogens is 252 g/mol. The molecular formula is C15H20N4O. The zero-order valence-corrected chi connectivity index (χ0v) is 12.1. The van der Waals surface area contributed by atoms with Crippen LogP contribution in [0.5, 0.6) is 0 Å². The molecule has 0 saturated carbocycles. The average molecular weight is 272 g/mol. The molecule has 0 spiro atoms. The standard InChI is InChI=1S/C15H20N4O/c1-11(2)19-10-16-8-15(19)9-17-13-5-4-6-14(7-13)18-12(3)20/h4-8,10-11,17H,9H2,1-3H3,(H,18,20). The second-order valence-electron chi connectivity index (χ2n) is 5.00. The van der Waals surface area contributed by atoms with E-state index in [0.717, 1.165) is 17.1 Å². The summed E-state index contributed by atoms with van der Waals surface area (Å²) in [4.78, 5) is 15.2. The van der Waals surface area contributed by atoms with Gasteiger partial charge in [0.1, 0.15) is 0 Å². The van der Waals surface area contributed by atoms with Crippen molar-refractivity contribution in [2.24, 2.45) is 0 Å². The molecule has 1 aromatic carbocycles. The number of carbonyl (C=O) groups is 1. The number of hydrogen-bond acceptors (Lipinski definition) is 3. The van der Waals surface area contributed by atoms with Crippen LogP contribution in [-0.4, -0.2) is 15.5 Å². The molecule has 0 saturated heterocycles. The highest BCUT2D eigenvalue weighted by Gasteiger charge is 2.05. The van der Waals surface area contributed by atoms with E-state index in [2.05, 4.69) is 34.0 Å². The molecule has 106 valence electrons. The molecule has 5 nitrogen and oxygen atoms in total. The van der Waals surface area contributed by atoms with E-state index in [1.165, 1.54) is 6.92 Å². The molecule has 1 amide bonds. The Morgan fingerprint density at radius 3 is 2.80 bits per heavy atom. The van der Waals surface area contributed by atoms with Gasteiger partial charge in [0.2, 0.25) is 5.91 Å². The smallest absolute Gasteiger partial charge is 0.221 e. The van der Waals surface area contributed by atoms with Crippen LogP contribution in [-0.2, 0) is 11.3 Å². The Morgan fingerprint density at radius 1 is 1.35 bits per heavy atom. The normalized spacial score (nSPS) is 10.6. The maximum absolute atomic E-state index is 11.0. The molecule has 0 bridgehead atoms. The third-order valence-electron chi connectivity index (χ3n) is 2.96. The minimum Gasteiger partial charge on any atom is -0.379 e. The van der Waals surface area contributed by atoms with Gasteiger partial charge >= 0.3 is 0 Å². The molecule has 0 aliphatic heterocycles. The summed E-state index contributed by atoms with van der Waals surface area (Å²) < 4.78 is 2.13. The Balaban J connectivity index is 2.03. The van der Waals surface area contributed by atoms with Crippen molar-refractivity contribution in [3.05, 3.63) is 42.5 Å². The number of aromatic nitrogens is 2. The van der Waals surface area contributed by atoms with Crippen LogP contribution in [0, 0.1) is 0 Å². The van der Waals surface area contributed by atoms with E-state index < -0.39 is 0 Å². The molecule has 1 aromatic heterocycles. The van der Waals surface area contributed by atoms with Gasteiger partial charge in [0.25, 0.3) is 0 Å². The molecule has 0 aliphatic rings. The maximum atomic E-state index is 11.0. The van der Waals surface area contributed by atoms with Crippen molar-refractivity contribution in [2.45, 2.75) is 33.4 Å². The van der Waals surface area contributed by atoms with Gasteiger partial charge in [0.05, 0.1) is 18.6 Å². The van der Waals surface area contributed by atoms with Crippen molar-refractivity contribution >= 4 is 17.3 Å². The fraction of sp³-hybridized carbons (Fsp3) is 0.333.